The zero-order valence-electron chi connectivity index (χ0n) is 15.7. The van der Waals surface area contributed by atoms with Gasteiger partial charge in [0.15, 0.2) is 0 Å². The van der Waals surface area contributed by atoms with Gasteiger partial charge in [-0.2, -0.15) is 0 Å². The average molecular weight is 459 g/mol. The highest BCUT2D eigenvalue weighted by Crippen LogP contribution is 2.31. The van der Waals surface area contributed by atoms with E-state index in [9.17, 15) is 17.6 Å². The molecule has 1 atom stereocenters. The van der Waals surface area contributed by atoms with Gasteiger partial charge in [-0.25, -0.2) is 12.8 Å². The van der Waals surface area contributed by atoms with Crippen LogP contribution < -0.4 is 9.62 Å². The fraction of sp³-hybridized carbons (Fsp3) is 0.350. The Kier molecular flexibility index (Phi) is 6.71. The lowest BCUT2D eigenvalue weighted by atomic mass is 10.2. The fourth-order valence-corrected chi connectivity index (χ4v) is 5.33. The first-order valence-corrected chi connectivity index (χ1v) is 11.4. The van der Waals surface area contributed by atoms with E-state index in [4.69, 9.17) is 23.2 Å². The van der Waals surface area contributed by atoms with Crippen LogP contribution in [0.4, 0.5) is 10.1 Å². The molecule has 5 nitrogen and oxygen atoms in total. The van der Waals surface area contributed by atoms with E-state index in [0.29, 0.717) is 5.02 Å². The zero-order chi connectivity index (χ0) is 21.2. The lowest BCUT2D eigenvalue weighted by Crippen LogP contribution is -2.50. The molecule has 1 N–H and O–H groups in total. The molecule has 3 rings (SSSR count). The summed E-state index contributed by atoms with van der Waals surface area (Å²) >= 11 is 11.9. The second-order valence-electron chi connectivity index (χ2n) is 7.02. The molecule has 9 heteroatoms. The van der Waals surface area contributed by atoms with Gasteiger partial charge in [0.2, 0.25) is 5.91 Å². The Morgan fingerprint density at radius 3 is 2.31 bits per heavy atom. The highest BCUT2D eigenvalue weighted by Gasteiger charge is 2.36. The monoisotopic (exact) mass is 458 g/mol. The van der Waals surface area contributed by atoms with Crippen molar-refractivity contribution in [3.8, 4) is 0 Å². The molecule has 0 aliphatic heterocycles. The number of amides is 1. The van der Waals surface area contributed by atoms with Gasteiger partial charge >= 0.3 is 0 Å². The van der Waals surface area contributed by atoms with Crippen molar-refractivity contribution in [2.45, 2.75) is 49.6 Å². The van der Waals surface area contributed by atoms with Crippen molar-refractivity contribution in [1.82, 2.24) is 5.32 Å². The second kappa shape index (κ2) is 8.90. The van der Waals surface area contributed by atoms with E-state index in [1.165, 1.54) is 43.3 Å². The van der Waals surface area contributed by atoms with Crippen molar-refractivity contribution in [2.24, 2.45) is 0 Å². The number of hydrogen-bond donors (Lipinski definition) is 1. The smallest absolute Gasteiger partial charge is 0.265 e. The number of sulfonamides is 1. The standard InChI is InChI=1S/C20H21Cl2FN2O3S/c1-13(20(26)24-16-4-2-3-5-16)25(19-12-15(22)8-11-18(19)23)29(27,28)17-9-6-14(21)7-10-17/h6-13,16H,2-5H2,1H3,(H,24,26). The quantitative estimate of drug-likeness (QED) is 0.677. The van der Waals surface area contributed by atoms with Crippen LogP contribution in [-0.2, 0) is 14.8 Å². The van der Waals surface area contributed by atoms with E-state index in [1.54, 1.807) is 0 Å². The van der Waals surface area contributed by atoms with E-state index in [1.807, 2.05) is 0 Å². The molecule has 0 aromatic heterocycles. The van der Waals surface area contributed by atoms with Crippen molar-refractivity contribution < 1.29 is 17.6 Å². The Bertz CT molecular complexity index is 993. The Labute approximate surface area is 179 Å². The van der Waals surface area contributed by atoms with Crippen LogP contribution >= 0.6 is 23.2 Å². The molecular weight excluding hydrogens is 438 g/mol. The van der Waals surface area contributed by atoms with Crippen LogP contribution in [0.3, 0.4) is 0 Å². The molecular formula is C20H21Cl2FN2O3S. The van der Waals surface area contributed by atoms with Gasteiger partial charge in [0.05, 0.1) is 10.6 Å². The summed E-state index contributed by atoms with van der Waals surface area (Å²) in [7, 11) is -4.27. The second-order valence-corrected chi connectivity index (χ2v) is 9.70. The van der Waals surface area contributed by atoms with Crippen LogP contribution in [0.15, 0.2) is 47.4 Å². The summed E-state index contributed by atoms with van der Waals surface area (Å²) in [4.78, 5) is 12.7. The molecule has 29 heavy (non-hydrogen) atoms. The lowest BCUT2D eigenvalue weighted by molar-refractivity contribution is -0.122. The van der Waals surface area contributed by atoms with Crippen molar-refractivity contribution in [2.75, 3.05) is 4.31 Å². The van der Waals surface area contributed by atoms with E-state index in [0.717, 1.165) is 36.1 Å². The van der Waals surface area contributed by atoms with Gasteiger partial charge in [-0.1, -0.05) is 36.0 Å². The van der Waals surface area contributed by atoms with Gasteiger partial charge in [-0.05, 0) is 62.2 Å². The first kappa shape index (κ1) is 21.9. The Morgan fingerprint density at radius 2 is 1.69 bits per heavy atom. The number of rotatable bonds is 6. The van der Waals surface area contributed by atoms with Gasteiger partial charge in [-0.15, -0.1) is 0 Å². The van der Waals surface area contributed by atoms with Gasteiger partial charge in [0, 0.05) is 16.1 Å². The molecule has 156 valence electrons. The van der Waals surface area contributed by atoms with E-state index in [-0.39, 0.29) is 21.6 Å². The van der Waals surface area contributed by atoms with Crippen LogP contribution in [0, 0.1) is 5.82 Å². The summed E-state index contributed by atoms with van der Waals surface area (Å²) < 4.78 is 42.2. The van der Waals surface area contributed by atoms with Gasteiger partial charge in [-0.3, -0.25) is 9.10 Å². The molecule has 1 aliphatic carbocycles. The predicted octanol–water partition coefficient (Wildman–Crippen LogP) is 4.78. The van der Waals surface area contributed by atoms with E-state index < -0.39 is 27.8 Å². The number of benzene rings is 2. The molecule has 2 aromatic rings. The third-order valence-electron chi connectivity index (χ3n) is 4.95. The number of halogens is 3. The third-order valence-corrected chi connectivity index (χ3v) is 7.33. The topological polar surface area (TPSA) is 66.5 Å². The molecule has 1 aliphatic rings. The van der Waals surface area contributed by atoms with E-state index in [2.05, 4.69) is 5.32 Å². The molecule has 1 amide bonds. The maximum absolute atomic E-state index is 14.6. The van der Waals surface area contributed by atoms with Crippen LogP contribution in [0.1, 0.15) is 32.6 Å². The summed E-state index contributed by atoms with van der Waals surface area (Å²) in [5, 5.41) is 3.39. The maximum atomic E-state index is 14.6. The van der Waals surface area contributed by atoms with Crippen LogP contribution in [0.5, 0.6) is 0 Å². The van der Waals surface area contributed by atoms with Crippen molar-refractivity contribution >= 4 is 44.8 Å². The van der Waals surface area contributed by atoms with Crippen molar-refractivity contribution in [3.05, 3.63) is 58.3 Å². The molecule has 2 aromatic carbocycles. The van der Waals surface area contributed by atoms with Crippen LogP contribution in [0.25, 0.3) is 0 Å². The average Bonchev–Trinajstić information content (AvgIpc) is 3.18. The molecule has 1 fully saturated rings. The number of carbonyl (C=O) groups excluding carboxylic acids is 1. The van der Waals surface area contributed by atoms with Crippen molar-refractivity contribution in [3.63, 3.8) is 0 Å². The predicted molar refractivity (Wildman–Crippen MR) is 112 cm³/mol. The SMILES string of the molecule is CC(C(=O)NC1CCCC1)N(c1cc(Cl)ccc1F)S(=O)(=O)c1ccc(Cl)cc1. The van der Waals surface area contributed by atoms with Gasteiger partial charge in [0.1, 0.15) is 11.9 Å². The maximum Gasteiger partial charge on any atom is 0.265 e. The van der Waals surface area contributed by atoms with Gasteiger partial charge in [0.25, 0.3) is 10.0 Å². The number of nitrogens with zero attached hydrogens (tertiary/aromatic N) is 1. The third kappa shape index (κ3) is 4.85. The summed E-state index contributed by atoms with van der Waals surface area (Å²) in [6, 6.07) is 7.86. The Morgan fingerprint density at radius 1 is 1.10 bits per heavy atom. The normalized spacial score (nSPS) is 15.9. The highest BCUT2D eigenvalue weighted by molar-refractivity contribution is 7.93. The van der Waals surface area contributed by atoms with Crippen LogP contribution in [-0.4, -0.2) is 26.4 Å². The fourth-order valence-electron chi connectivity index (χ4n) is 3.42. The first-order chi connectivity index (χ1) is 13.7. The minimum atomic E-state index is -4.27. The largest absolute Gasteiger partial charge is 0.352 e. The van der Waals surface area contributed by atoms with E-state index >= 15 is 0 Å². The van der Waals surface area contributed by atoms with Crippen molar-refractivity contribution in [1.29, 1.82) is 0 Å². The summed E-state index contributed by atoms with van der Waals surface area (Å²) in [6.45, 7) is 1.43. The number of hydrogen-bond acceptors (Lipinski definition) is 3. The summed E-state index contributed by atoms with van der Waals surface area (Å²) in [5.41, 5.74) is -0.290. The molecule has 1 unspecified atom stereocenters. The molecule has 0 saturated heterocycles. The van der Waals surface area contributed by atoms with Crippen LogP contribution in [0.2, 0.25) is 10.0 Å². The Hall–Kier alpha value is -1.83. The molecule has 0 spiro atoms. The molecule has 0 bridgehead atoms. The van der Waals surface area contributed by atoms with Gasteiger partial charge < -0.3 is 5.32 Å². The molecule has 0 heterocycles. The number of anilines is 1. The molecule has 0 radical (unpaired) electrons. The zero-order valence-corrected chi connectivity index (χ0v) is 18.1. The highest BCUT2D eigenvalue weighted by atomic mass is 35.5. The number of nitrogens with one attached hydrogen (secondary N) is 1. The first-order valence-electron chi connectivity index (χ1n) is 9.25. The summed E-state index contributed by atoms with van der Waals surface area (Å²) in [5.74, 6) is -1.29. The Balaban J connectivity index is 2.04. The molecule has 1 saturated carbocycles. The number of carbonyl (C=O) groups is 1. The summed E-state index contributed by atoms with van der Waals surface area (Å²) in [6.07, 6.45) is 3.70. The minimum Gasteiger partial charge on any atom is -0.352 e. The minimum absolute atomic E-state index is 0.00533. The lowest BCUT2D eigenvalue weighted by Gasteiger charge is -2.31.